The lowest BCUT2D eigenvalue weighted by Gasteiger charge is -2.25. The molecule has 2 atom stereocenters. The molecule has 0 spiro atoms. The van der Waals surface area contributed by atoms with Crippen LogP contribution in [0.1, 0.15) is 30.6 Å². The molecule has 0 saturated heterocycles. The second kappa shape index (κ2) is 4.49. The number of carbonyl (C=O) groups excluding carboxylic acids is 1. The first-order valence-corrected chi connectivity index (χ1v) is 5.37. The molecule has 16 heavy (non-hydrogen) atoms. The molecule has 0 saturated carbocycles. The van der Waals surface area contributed by atoms with Gasteiger partial charge in [-0.1, -0.05) is 37.3 Å². The van der Waals surface area contributed by atoms with E-state index in [2.05, 4.69) is 0 Å². The van der Waals surface area contributed by atoms with Gasteiger partial charge < -0.3 is 9.84 Å². The van der Waals surface area contributed by atoms with Crippen molar-refractivity contribution in [1.29, 1.82) is 0 Å². The fourth-order valence-electron chi connectivity index (χ4n) is 1.75. The van der Waals surface area contributed by atoms with Gasteiger partial charge in [0.25, 0.3) is 0 Å². The van der Waals surface area contributed by atoms with E-state index in [1.54, 1.807) is 13.0 Å². The van der Waals surface area contributed by atoms with Crippen LogP contribution in [0.5, 0.6) is 0 Å². The number of ether oxygens (including phenoxy) is 1. The van der Waals surface area contributed by atoms with Gasteiger partial charge in [-0.05, 0) is 17.2 Å². The van der Waals surface area contributed by atoms with Gasteiger partial charge in [0, 0.05) is 6.42 Å². The summed E-state index contributed by atoms with van der Waals surface area (Å²) in [5.41, 5.74) is 1.78. The van der Waals surface area contributed by atoms with E-state index in [1.807, 2.05) is 30.3 Å². The quantitative estimate of drug-likeness (QED) is 0.773. The third-order valence-corrected chi connectivity index (χ3v) is 2.65. The van der Waals surface area contributed by atoms with Gasteiger partial charge >= 0.3 is 5.97 Å². The second-order valence-electron chi connectivity index (χ2n) is 3.74. The normalized spacial score (nSPS) is 22.6. The van der Waals surface area contributed by atoms with Crippen molar-refractivity contribution in [3.63, 3.8) is 0 Å². The molecule has 1 aliphatic carbocycles. The van der Waals surface area contributed by atoms with E-state index < -0.39 is 12.2 Å². The van der Waals surface area contributed by atoms with Crippen molar-refractivity contribution in [2.75, 3.05) is 0 Å². The van der Waals surface area contributed by atoms with Gasteiger partial charge in [0.05, 0.1) is 0 Å². The van der Waals surface area contributed by atoms with Crippen molar-refractivity contribution >= 4 is 12.0 Å². The topological polar surface area (TPSA) is 46.5 Å². The van der Waals surface area contributed by atoms with Gasteiger partial charge in [0.15, 0.2) is 6.10 Å². The highest BCUT2D eigenvalue weighted by atomic mass is 16.6. The maximum Gasteiger partial charge on any atom is 0.306 e. The van der Waals surface area contributed by atoms with Gasteiger partial charge in [0.1, 0.15) is 6.10 Å². The standard InChI is InChI=1S/C13H14O3/c1-2-12(14)16-11-8-7-9-5-3-4-6-10(9)13(11)15/h3-8,11,13,15H,2H2,1H3/t11-,13?/m1/s1. The van der Waals surface area contributed by atoms with Gasteiger partial charge in [0.2, 0.25) is 0 Å². The number of carbonyl (C=O) groups is 1. The van der Waals surface area contributed by atoms with E-state index in [1.165, 1.54) is 0 Å². The number of aliphatic hydroxyl groups is 1. The van der Waals surface area contributed by atoms with Crippen molar-refractivity contribution in [2.24, 2.45) is 0 Å². The van der Waals surface area contributed by atoms with E-state index in [0.717, 1.165) is 11.1 Å². The molecule has 0 radical (unpaired) electrons. The fraction of sp³-hybridized carbons (Fsp3) is 0.308. The summed E-state index contributed by atoms with van der Waals surface area (Å²) < 4.78 is 5.13. The number of hydrogen-bond donors (Lipinski definition) is 1. The third-order valence-electron chi connectivity index (χ3n) is 2.65. The van der Waals surface area contributed by atoms with E-state index in [0.29, 0.717) is 6.42 Å². The molecule has 0 heterocycles. The minimum Gasteiger partial charge on any atom is -0.455 e. The summed E-state index contributed by atoms with van der Waals surface area (Å²) in [4.78, 5) is 11.2. The highest BCUT2D eigenvalue weighted by Crippen LogP contribution is 2.29. The first-order valence-electron chi connectivity index (χ1n) is 5.37. The van der Waals surface area contributed by atoms with Gasteiger partial charge in [-0.25, -0.2) is 0 Å². The zero-order valence-corrected chi connectivity index (χ0v) is 9.09. The van der Waals surface area contributed by atoms with Crippen molar-refractivity contribution in [2.45, 2.75) is 25.6 Å². The molecule has 1 aliphatic rings. The number of hydrogen-bond acceptors (Lipinski definition) is 3. The molecule has 3 nitrogen and oxygen atoms in total. The Bertz CT molecular complexity index is 423. The number of rotatable bonds is 2. The van der Waals surface area contributed by atoms with Crippen LogP contribution < -0.4 is 0 Å². The molecule has 84 valence electrons. The first kappa shape index (κ1) is 10.9. The van der Waals surface area contributed by atoms with Gasteiger partial charge in [-0.15, -0.1) is 0 Å². The largest absolute Gasteiger partial charge is 0.455 e. The Labute approximate surface area is 94.4 Å². The predicted molar refractivity (Wildman–Crippen MR) is 60.6 cm³/mol. The van der Waals surface area contributed by atoms with Gasteiger partial charge in [-0.2, -0.15) is 0 Å². The fourth-order valence-corrected chi connectivity index (χ4v) is 1.75. The molecule has 2 rings (SSSR count). The summed E-state index contributed by atoms with van der Waals surface area (Å²) in [5, 5.41) is 10.0. The minimum absolute atomic E-state index is 0.298. The summed E-state index contributed by atoms with van der Waals surface area (Å²) in [6.07, 6.45) is 2.58. The van der Waals surface area contributed by atoms with E-state index in [4.69, 9.17) is 4.74 Å². The van der Waals surface area contributed by atoms with E-state index in [9.17, 15) is 9.90 Å². The summed E-state index contributed by atoms with van der Waals surface area (Å²) in [7, 11) is 0. The van der Waals surface area contributed by atoms with Crippen molar-refractivity contribution < 1.29 is 14.6 Å². The average molecular weight is 218 g/mol. The molecule has 0 fully saturated rings. The number of benzene rings is 1. The van der Waals surface area contributed by atoms with Crippen LogP contribution in [0.25, 0.3) is 6.08 Å². The van der Waals surface area contributed by atoms with Crippen molar-refractivity contribution in [3.05, 3.63) is 41.5 Å². The molecule has 1 unspecified atom stereocenters. The molecule has 0 amide bonds. The van der Waals surface area contributed by atoms with Crippen molar-refractivity contribution in [3.8, 4) is 0 Å². The van der Waals surface area contributed by atoms with Crippen LogP contribution >= 0.6 is 0 Å². The monoisotopic (exact) mass is 218 g/mol. The highest BCUT2D eigenvalue weighted by Gasteiger charge is 2.26. The van der Waals surface area contributed by atoms with Crippen LogP contribution in [0.2, 0.25) is 0 Å². The summed E-state index contributed by atoms with van der Waals surface area (Å²) >= 11 is 0. The van der Waals surface area contributed by atoms with Crippen LogP contribution in [0, 0.1) is 0 Å². The second-order valence-corrected chi connectivity index (χ2v) is 3.74. The third kappa shape index (κ3) is 1.99. The van der Waals surface area contributed by atoms with Crippen molar-refractivity contribution in [1.82, 2.24) is 0 Å². The Hall–Kier alpha value is -1.61. The lowest BCUT2D eigenvalue weighted by molar-refractivity contribution is -0.151. The average Bonchev–Trinajstić information content (AvgIpc) is 2.33. The Balaban J connectivity index is 2.21. The zero-order chi connectivity index (χ0) is 11.5. The molecular weight excluding hydrogens is 204 g/mol. The minimum atomic E-state index is -0.767. The SMILES string of the molecule is CCC(=O)O[C@@H]1C=Cc2ccccc2C1O. The van der Waals surface area contributed by atoms with Crippen LogP contribution in [0.3, 0.4) is 0 Å². The molecule has 1 aromatic carbocycles. The Morgan fingerprint density at radius 2 is 2.19 bits per heavy atom. The molecule has 1 aromatic rings. The lowest BCUT2D eigenvalue weighted by atomic mass is 9.93. The molecule has 0 aliphatic heterocycles. The highest BCUT2D eigenvalue weighted by molar-refractivity contribution is 5.70. The first-order chi connectivity index (χ1) is 7.72. The molecule has 0 aromatic heterocycles. The van der Waals surface area contributed by atoms with E-state index >= 15 is 0 Å². The van der Waals surface area contributed by atoms with Crippen LogP contribution in [-0.2, 0) is 9.53 Å². The molecule has 1 N–H and O–H groups in total. The Kier molecular flexibility index (Phi) is 3.06. The Morgan fingerprint density at radius 3 is 2.94 bits per heavy atom. The molecule has 0 bridgehead atoms. The smallest absolute Gasteiger partial charge is 0.306 e. The predicted octanol–water partition coefficient (Wildman–Crippen LogP) is 2.07. The maximum atomic E-state index is 11.2. The molecule has 3 heteroatoms. The Morgan fingerprint density at radius 1 is 1.44 bits per heavy atom. The summed E-state index contributed by atoms with van der Waals surface area (Å²) in [5.74, 6) is -0.298. The van der Waals surface area contributed by atoms with Crippen LogP contribution in [0.4, 0.5) is 0 Å². The number of esters is 1. The summed E-state index contributed by atoms with van der Waals surface area (Å²) in [6, 6.07) is 7.54. The maximum absolute atomic E-state index is 11.2. The number of aliphatic hydroxyl groups excluding tert-OH is 1. The number of fused-ring (bicyclic) bond motifs is 1. The zero-order valence-electron chi connectivity index (χ0n) is 9.09. The lowest BCUT2D eigenvalue weighted by Crippen LogP contribution is -2.25. The van der Waals surface area contributed by atoms with Crippen LogP contribution in [0.15, 0.2) is 30.3 Å². The van der Waals surface area contributed by atoms with Gasteiger partial charge in [-0.3, -0.25) is 4.79 Å². The van der Waals surface area contributed by atoms with E-state index in [-0.39, 0.29) is 5.97 Å². The van der Waals surface area contributed by atoms with Crippen LogP contribution in [-0.4, -0.2) is 17.2 Å². The summed E-state index contributed by atoms with van der Waals surface area (Å²) in [6.45, 7) is 1.73. The molecular formula is C13H14O3.